The Hall–Kier alpha value is -1.91. The lowest BCUT2D eigenvalue weighted by Crippen LogP contribution is -2.41. The molecule has 1 aromatic heterocycles. The molecule has 0 spiro atoms. The molecule has 1 rings (SSSR count). The first-order chi connectivity index (χ1) is 8.26. The van der Waals surface area contributed by atoms with Gasteiger partial charge in [0.1, 0.15) is 0 Å². The number of carbonyl (C=O) groups is 1. The standard InChI is InChI=1S/C12H18N4O/c1-3-6-10(4-2)15-12(17)13-9-11-7-5-8-14-16-11/h3,5,7-8,10H,1,4,6,9H2,2H3,(H2,13,15,17)/t10-/m1/s1. The van der Waals surface area contributed by atoms with Gasteiger partial charge in [-0.3, -0.25) is 0 Å². The average Bonchev–Trinajstić information content (AvgIpc) is 2.37. The molecule has 2 amide bonds. The summed E-state index contributed by atoms with van der Waals surface area (Å²) >= 11 is 0. The zero-order valence-corrected chi connectivity index (χ0v) is 10.0. The summed E-state index contributed by atoms with van der Waals surface area (Å²) in [6.07, 6.45) is 5.05. The number of amides is 2. The van der Waals surface area contributed by atoms with E-state index in [0.717, 1.165) is 18.5 Å². The smallest absolute Gasteiger partial charge is 0.315 e. The Morgan fingerprint density at radius 1 is 1.65 bits per heavy atom. The maximum absolute atomic E-state index is 11.6. The minimum absolute atomic E-state index is 0.134. The summed E-state index contributed by atoms with van der Waals surface area (Å²) in [5, 5.41) is 13.2. The Labute approximate surface area is 101 Å². The van der Waals surface area contributed by atoms with Crippen LogP contribution in [0.1, 0.15) is 25.5 Å². The molecule has 1 atom stereocenters. The fourth-order valence-corrected chi connectivity index (χ4v) is 1.36. The maximum Gasteiger partial charge on any atom is 0.315 e. The van der Waals surface area contributed by atoms with Crippen LogP contribution in [-0.4, -0.2) is 22.3 Å². The van der Waals surface area contributed by atoms with E-state index in [1.165, 1.54) is 0 Å². The Morgan fingerprint density at radius 3 is 3.06 bits per heavy atom. The molecule has 0 unspecified atom stereocenters. The second-order valence-corrected chi connectivity index (χ2v) is 3.67. The minimum Gasteiger partial charge on any atom is -0.335 e. The van der Waals surface area contributed by atoms with Crippen LogP contribution >= 0.6 is 0 Å². The number of urea groups is 1. The van der Waals surface area contributed by atoms with E-state index in [2.05, 4.69) is 27.4 Å². The molecule has 0 saturated carbocycles. The first-order valence-electron chi connectivity index (χ1n) is 5.68. The SMILES string of the molecule is C=CC[C@@H](CC)NC(=O)NCc1cccnn1. The molecular formula is C12H18N4O. The van der Waals surface area contributed by atoms with Gasteiger partial charge in [0.15, 0.2) is 0 Å². The molecule has 0 aromatic carbocycles. The number of nitrogens with one attached hydrogen (secondary N) is 2. The van der Waals surface area contributed by atoms with E-state index in [-0.39, 0.29) is 12.1 Å². The largest absolute Gasteiger partial charge is 0.335 e. The van der Waals surface area contributed by atoms with Gasteiger partial charge >= 0.3 is 6.03 Å². The third kappa shape index (κ3) is 5.10. The molecule has 0 aliphatic rings. The Morgan fingerprint density at radius 2 is 2.47 bits per heavy atom. The number of hydrogen-bond donors (Lipinski definition) is 2. The lowest BCUT2D eigenvalue weighted by Gasteiger charge is -2.15. The number of hydrogen-bond acceptors (Lipinski definition) is 3. The fraction of sp³-hybridized carbons (Fsp3) is 0.417. The summed E-state index contributed by atoms with van der Waals surface area (Å²) in [4.78, 5) is 11.6. The molecule has 17 heavy (non-hydrogen) atoms. The zero-order chi connectivity index (χ0) is 12.5. The van der Waals surface area contributed by atoms with Gasteiger partial charge in [0.05, 0.1) is 12.2 Å². The molecule has 0 aliphatic carbocycles. The molecule has 0 saturated heterocycles. The number of carbonyl (C=O) groups excluding carboxylic acids is 1. The number of aromatic nitrogens is 2. The van der Waals surface area contributed by atoms with E-state index in [1.54, 1.807) is 18.3 Å². The Balaban J connectivity index is 2.32. The van der Waals surface area contributed by atoms with Gasteiger partial charge in [0.25, 0.3) is 0 Å². The first-order valence-corrected chi connectivity index (χ1v) is 5.68. The molecule has 0 radical (unpaired) electrons. The van der Waals surface area contributed by atoms with Crippen molar-refractivity contribution in [1.82, 2.24) is 20.8 Å². The molecule has 1 heterocycles. The minimum atomic E-state index is -0.190. The van der Waals surface area contributed by atoms with Crippen LogP contribution in [-0.2, 0) is 6.54 Å². The summed E-state index contributed by atoms with van der Waals surface area (Å²) in [5.74, 6) is 0. The zero-order valence-electron chi connectivity index (χ0n) is 10.0. The van der Waals surface area contributed by atoms with Crippen LogP contribution in [0.3, 0.4) is 0 Å². The van der Waals surface area contributed by atoms with Gasteiger partial charge in [0.2, 0.25) is 0 Å². The third-order valence-corrected chi connectivity index (χ3v) is 2.34. The summed E-state index contributed by atoms with van der Waals surface area (Å²) in [5.41, 5.74) is 0.736. The predicted molar refractivity (Wildman–Crippen MR) is 66.3 cm³/mol. The Kier molecular flexibility index (Phi) is 5.71. The van der Waals surface area contributed by atoms with Crippen molar-refractivity contribution < 1.29 is 4.79 Å². The van der Waals surface area contributed by atoms with Crippen LogP contribution in [0.5, 0.6) is 0 Å². The highest BCUT2D eigenvalue weighted by Crippen LogP contribution is 1.97. The van der Waals surface area contributed by atoms with Gasteiger partial charge in [-0.15, -0.1) is 6.58 Å². The van der Waals surface area contributed by atoms with Crippen LogP contribution in [0.2, 0.25) is 0 Å². The molecule has 0 aliphatic heterocycles. The summed E-state index contributed by atoms with van der Waals surface area (Å²) in [6, 6.07) is 3.54. The number of nitrogens with zero attached hydrogens (tertiary/aromatic N) is 2. The number of rotatable bonds is 6. The molecule has 1 aromatic rings. The van der Waals surface area contributed by atoms with Crippen molar-refractivity contribution >= 4 is 6.03 Å². The van der Waals surface area contributed by atoms with E-state index in [1.807, 2.05) is 13.0 Å². The van der Waals surface area contributed by atoms with Crippen LogP contribution in [0.25, 0.3) is 0 Å². The van der Waals surface area contributed by atoms with E-state index >= 15 is 0 Å². The highest BCUT2D eigenvalue weighted by Gasteiger charge is 2.08. The predicted octanol–water partition coefficient (Wildman–Crippen LogP) is 1.63. The van der Waals surface area contributed by atoms with Crippen molar-refractivity contribution in [2.75, 3.05) is 0 Å². The average molecular weight is 234 g/mol. The van der Waals surface area contributed by atoms with Gasteiger partial charge < -0.3 is 10.6 Å². The quantitative estimate of drug-likeness (QED) is 0.735. The Bertz CT molecular complexity index is 353. The molecule has 5 nitrogen and oxygen atoms in total. The van der Waals surface area contributed by atoms with Crippen LogP contribution in [0, 0.1) is 0 Å². The second-order valence-electron chi connectivity index (χ2n) is 3.67. The normalized spacial score (nSPS) is 11.6. The summed E-state index contributed by atoms with van der Waals surface area (Å²) < 4.78 is 0. The van der Waals surface area contributed by atoms with Crippen LogP contribution < -0.4 is 10.6 Å². The highest BCUT2D eigenvalue weighted by molar-refractivity contribution is 5.74. The van der Waals surface area contributed by atoms with E-state index in [0.29, 0.717) is 6.54 Å². The summed E-state index contributed by atoms with van der Waals surface area (Å²) in [6.45, 7) is 6.06. The third-order valence-electron chi connectivity index (χ3n) is 2.34. The monoisotopic (exact) mass is 234 g/mol. The summed E-state index contributed by atoms with van der Waals surface area (Å²) in [7, 11) is 0. The molecule has 2 N–H and O–H groups in total. The fourth-order valence-electron chi connectivity index (χ4n) is 1.36. The molecule has 0 bridgehead atoms. The van der Waals surface area contributed by atoms with Crippen molar-refractivity contribution in [2.45, 2.75) is 32.4 Å². The van der Waals surface area contributed by atoms with Gasteiger partial charge in [-0.25, -0.2) is 4.79 Å². The second kappa shape index (κ2) is 7.38. The van der Waals surface area contributed by atoms with Crippen molar-refractivity contribution in [3.63, 3.8) is 0 Å². The highest BCUT2D eigenvalue weighted by atomic mass is 16.2. The molecule has 92 valence electrons. The maximum atomic E-state index is 11.6. The lowest BCUT2D eigenvalue weighted by atomic mass is 10.1. The van der Waals surface area contributed by atoms with E-state index < -0.39 is 0 Å². The molecule has 5 heteroatoms. The van der Waals surface area contributed by atoms with Crippen LogP contribution in [0.15, 0.2) is 31.0 Å². The van der Waals surface area contributed by atoms with Gasteiger partial charge in [-0.2, -0.15) is 10.2 Å². The van der Waals surface area contributed by atoms with Crippen molar-refractivity contribution in [1.29, 1.82) is 0 Å². The topological polar surface area (TPSA) is 66.9 Å². The first kappa shape index (κ1) is 13.2. The van der Waals surface area contributed by atoms with E-state index in [4.69, 9.17) is 0 Å². The molecular weight excluding hydrogens is 216 g/mol. The van der Waals surface area contributed by atoms with Crippen molar-refractivity contribution in [2.24, 2.45) is 0 Å². The van der Waals surface area contributed by atoms with Crippen molar-refractivity contribution in [3.8, 4) is 0 Å². The van der Waals surface area contributed by atoms with Gasteiger partial charge in [0, 0.05) is 12.2 Å². The van der Waals surface area contributed by atoms with E-state index in [9.17, 15) is 4.79 Å². The molecule has 0 fully saturated rings. The van der Waals surface area contributed by atoms with Crippen molar-refractivity contribution in [3.05, 3.63) is 36.7 Å². The van der Waals surface area contributed by atoms with Crippen LogP contribution in [0.4, 0.5) is 4.79 Å². The lowest BCUT2D eigenvalue weighted by molar-refractivity contribution is 0.236. The van der Waals surface area contributed by atoms with Gasteiger partial charge in [-0.1, -0.05) is 13.0 Å². The van der Waals surface area contributed by atoms with Gasteiger partial charge in [-0.05, 0) is 25.0 Å².